The van der Waals surface area contributed by atoms with E-state index in [4.69, 9.17) is 9.15 Å². The van der Waals surface area contributed by atoms with Crippen molar-refractivity contribution in [3.8, 4) is 0 Å². The lowest BCUT2D eigenvalue weighted by molar-refractivity contribution is -0.126. The summed E-state index contributed by atoms with van der Waals surface area (Å²) in [4.78, 5) is 23.1. The number of carbonyl (C=O) groups excluding carboxylic acids is 2. The highest BCUT2D eigenvalue weighted by Gasteiger charge is 2.16. The summed E-state index contributed by atoms with van der Waals surface area (Å²) in [5.74, 6) is 0.420. The minimum Gasteiger partial charge on any atom is -0.467 e. The van der Waals surface area contributed by atoms with Gasteiger partial charge in [0.1, 0.15) is 5.76 Å². The van der Waals surface area contributed by atoms with Gasteiger partial charge in [-0.1, -0.05) is 0 Å². The number of ether oxygens (including phenoxy) is 1. The smallest absolute Gasteiger partial charge is 0.220 e. The van der Waals surface area contributed by atoms with Crippen LogP contribution in [0.2, 0.25) is 0 Å². The lowest BCUT2D eigenvalue weighted by Crippen LogP contribution is -2.32. The van der Waals surface area contributed by atoms with Gasteiger partial charge in [0, 0.05) is 26.0 Å². The van der Waals surface area contributed by atoms with Crippen LogP contribution < -0.4 is 10.6 Å². The van der Waals surface area contributed by atoms with E-state index in [2.05, 4.69) is 10.6 Å². The third-order valence-electron chi connectivity index (χ3n) is 3.17. The van der Waals surface area contributed by atoms with Crippen LogP contribution in [0.5, 0.6) is 0 Å². The number of carbonyl (C=O) groups is 2. The van der Waals surface area contributed by atoms with Gasteiger partial charge in [-0.25, -0.2) is 0 Å². The van der Waals surface area contributed by atoms with E-state index in [9.17, 15) is 9.59 Å². The molecule has 0 radical (unpaired) electrons. The summed E-state index contributed by atoms with van der Waals surface area (Å²) in [5.41, 5.74) is 0. The van der Waals surface area contributed by atoms with Crippen molar-refractivity contribution < 1.29 is 18.7 Å². The molecule has 1 fully saturated rings. The Morgan fingerprint density at radius 1 is 1.25 bits per heavy atom. The van der Waals surface area contributed by atoms with Crippen molar-refractivity contribution in [1.29, 1.82) is 0 Å². The first-order valence-electron chi connectivity index (χ1n) is 6.91. The normalized spacial score (nSPS) is 17.9. The number of hydrogen-bond acceptors (Lipinski definition) is 4. The van der Waals surface area contributed by atoms with E-state index < -0.39 is 0 Å². The molecule has 1 aromatic rings. The molecule has 20 heavy (non-hydrogen) atoms. The zero-order valence-electron chi connectivity index (χ0n) is 11.4. The lowest BCUT2D eigenvalue weighted by Gasteiger charge is -2.10. The second-order valence-corrected chi connectivity index (χ2v) is 4.80. The van der Waals surface area contributed by atoms with E-state index >= 15 is 0 Å². The fourth-order valence-electron chi connectivity index (χ4n) is 2.04. The van der Waals surface area contributed by atoms with Crippen LogP contribution in [0.1, 0.15) is 31.4 Å². The molecule has 6 heteroatoms. The molecule has 2 amide bonds. The van der Waals surface area contributed by atoms with Crippen LogP contribution in [0.15, 0.2) is 22.8 Å². The summed E-state index contributed by atoms with van der Waals surface area (Å²) >= 11 is 0. The van der Waals surface area contributed by atoms with Gasteiger partial charge in [0.15, 0.2) is 0 Å². The second kappa shape index (κ2) is 7.69. The summed E-state index contributed by atoms with van der Waals surface area (Å²) in [6, 6.07) is 3.55. The van der Waals surface area contributed by atoms with Gasteiger partial charge >= 0.3 is 0 Å². The zero-order valence-corrected chi connectivity index (χ0v) is 11.4. The van der Waals surface area contributed by atoms with Crippen molar-refractivity contribution in [1.82, 2.24) is 10.6 Å². The van der Waals surface area contributed by atoms with Crippen LogP contribution in [-0.2, 0) is 20.9 Å². The Bertz CT molecular complexity index is 424. The predicted molar refractivity (Wildman–Crippen MR) is 71.8 cm³/mol. The summed E-state index contributed by atoms with van der Waals surface area (Å²) in [5, 5.41) is 5.49. The Balaban J connectivity index is 1.54. The Labute approximate surface area is 117 Å². The van der Waals surface area contributed by atoms with E-state index in [1.54, 1.807) is 18.4 Å². The largest absolute Gasteiger partial charge is 0.467 e. The fraction of sp³-hybridized carbons (Fsp3) is 0.571. The van der Waals surface area contributed by atoms with E-state index in [1.165, 1.54) is 0 Å². The Morgan fingerprint density at radius 2 is 2.05 bits per heavy atom. The molecule has 1 unspecified atom stereocenters. The van der Waals surface area contributed by atoms with Crippen LogP contribution in [0.25, 0.3) is 0 Å². The molecule has 1 atom stereocenters. The Kier molecular flexibility index (Phi) is 5.61. The van der Waals surface area contributed by atoms with Crippen LogP contribution >= 0.6 is 0 Å². The highest BCUT2D eigenvalue weighted by Crippen LogP contribution is 2.10. The SMILES string of the molecule is O=C(CCC(=O)NCC1CCCO1)NCc1ccco1. The van der Waals surface area contributed by atoms with Crippen molar-refractivity contribution in [2.24, 2.45) is 0 Å². The molecule has 110 valence electrons. The molecule has 0 aliphatic carbocycles. The van der Waals surface area contributed by atoms with E-state index in [1.807, 2.05) is 0 Å². The molecule has 0 spiro atoms. The van der Waals surface area contributed by atoms with Gasteiger partial charge < -0.3 is 19.8 Å². The number of rotatable bonds is 7. The molecule has 2 heterocycles. The molecule has 6 nitrogen and oxygen atoms in total. The van der Waals surface area contributed by atoms with Crippen LogP contribution in [0.3, 0.4) is 0 Å². The molecule has 2 rings (SSSR count). The first-order chi connectivity index (χ1) is 9.74. The summed E-state index contributed by atoms with van der Waals surface area (Å²) in [6.45, 7) is 1.66. The molecule has 0 bridgehead atoms. The van der Waals surface area contributed by atoms with Crippen molar-refractivity contribution in [3.63, 3.8) is 0 Å². The average molecular weight is 280 g/mol. The summed E-state index contributed by atoms with van der Waals surface area (Å²) in [7, 11) is 0. The molecule has 0 saturated carbocycles. The van der Waals surface area contributed by atoms with E-state index in [-0.39, 0.29) is 30.8 Å². The molecular formula is C14H20N2O4. The molecule has 2 N–H and O–H groups in total. The maximum atomic E-state index is 11.6. The topological polar surface area (TPSA) is 80.6 Å². The van der Waals surface area contributed by atoms with Gasteiger partial charge in [0.2, 0.25) is 11.8 Å². The van der Waals surface area contributed by atoms with E-state index in [0.29, 0.717) is 18.8 Å². The van der Waals surface area contributed by atoms with Gasteiger partial charge in [-0.2, -0.15) is 0 Å². The van der Waals surface area contributed by atoms with Crippen LogP contribution in [0, 0.1) is 0 Å². The van der Waals surface area contributed by atoms with Gasteiger partial charge in [-0.05, 0) is 25.0 Å². The monoisotopic (exact) mass is 280 g/mol. The van der Waals surface area contributed by atoms with Gasteiger partial charge in [-0.3, -0.25) is 9.59 Å². The number of nitrogens with one attached hydrogen (secondary N) is 2. The van der Waals surface area contributed by atoms with Gasteiger partial charge in [-0.15, -0.1) is 0 Å². The lowest BCUT2D eigenvalue weighted by atomic mass is 10.2. The molecule has 1 aromatic heterocycles. The third-order valence-corrected chi connectivity index (χ3v) is 3.17. The predicted octanol–water partition coefficient (Wildman–Crippen LogP) is 0.971. The third kappa shape index (κ3) is 5.05. The Morgan fingerprint density at radius 3 is 2.70 bits per heavy atom. The number of amides is 2. The van der Waals surface area contributed by atoms with Crippen LogP contribution in [-0.4, -0.2) is 31.1 Å². The highest BCUT2D eigenvalue weighted by atomic mass is 16.5. The van der Waals surface area contributed by atoms with Crippen LogP contribution in [0.4, 0.5) is 0 Å². The average Bonchev–Trinajstić information content (AvgIpc) is 3.13. The van der Waals surface area contributed by atoms with Crippen molar-refractivity contribution in [2.45, 2.75) is 38.3 Å². The molecular weight excluding hydrogens is 260 g/mol. The molecule has 1 saturated heterocycles. The number of hydrogen-bond donors (Lipinski definition) is 2. The van der Waals surface area contributed by atoms with E-state index in [0.717, 1.165) is 19.4 Å². The van der Waals surface area contributed by atoms with Crippen molar-refractivity contribution in [2.75, 3.05) is 13.2 Å². The molecule has 0 aromatic carbocycles. The summed E-state index contributed by atoms with van der Waals surface area (Å²) in [6.07, 6.45) is 4.10. The number of furan rings is 1. The van der Waals surface area contributed by atoms with Gasteiger partial charge in [0.05, 0.1) is 18.9 Å². The van der Waals surface area contributed by atoms with Gasteiger partial charge in [0.25, 0.3) is 0 Å². The quantitative estimate of drug-likeness (QED) is 0.780. The molecule has 1 aliphatic rings. The maximum absolute atomic E-state index is 11.6. The Hall–Kier alpha value is -1.82. The first kappa shape index (κ1) is 14.6. The minimum atomic E-state index is -0.159. The standard InChI is InChI=1S/C14H20N2O4/c17-13(15-9-11-3-1-7-19-11)5-6-14(18)16-10-12-4-2-8-20-12/h1,3,7,12H,2,4-6,8-10H2,(H,15,17)(H,16,18). The fourth-order valence-corrected chi connectivity index (χ4v) is 2.04. The maximum Gasteiger partial charge on any atom is 0.220 e. The summed E-state index contributed by atoms with van der Waals surface area (Å²) < 4.78 is 10.5. The first-order valence-corrected chi connectivity index (χ1v) is 6.91. The molecule has 1 aliphatic heterocycles. The van der Waals surface area contributed by atoms with Crippen molar-refractivity contribution in [3.05, 3.63) is 24.2 Å². The highest BCUT2D eigenvalue weighted by molar-refractivity contribution is 5.83. The van der Waals surface area contributed by atoms with Crippen molar-refractivity contribution >= 4 is 11.8 Å². The second-order valence-electron chi connectivity index (χ2n) is 4.80. The zero-order chi connectivity index (χ0) is 14.2. The minimum absolute atomic E-state index is 0.117.